The number of anilines is 2. The van der Waals surface area contributed by atoms with E-state index in [-0.39, 0.29) is 22.9 Å². The highest BCUT2D eigenvalue weighted by Crippen LogP contribution is 2.30. The van der Waals surface area contributed by atoms with Crippen LogP contribution in [0.4, 0.5) is 24.5 Å². The molecule has 0 atom stereocenters. The summed E-state index contributed by atoms with van der Waals surface area (Å²) in [6, 6.07) is 5.26. The van der Waals surface area contributed by atoms with Crippen molar-refractivity contribution >= 4 is 28.3 Å². The summed E-state index contributed by atoms with van der Waals surface area (Å²) in [4.78, 5) is 24.7. The smallest absolute Gasteiger partial charge is 0.223 e. The average Bonchev–Trinajstić information content (AvgIpc) is 2.58. The van der Waals surface area contributed by atoms with Crippen LogP contribution in [0.1, 0.15) is 6.92 Å². The van der Waals surface area contributed by atoms with Crippen LogP contribution in [-0.2, 0) is 4.79 Å². The van der Waals surface area contributed by atoms with Crippen molar-refractivity contribution in [2.45, 2.75) is 6.92 Å². The van der Waals surface area contributed by atoms with E-state index in [4.69, 9.17) is 10.2 Å². The van der Waals surface area contributed by atoms with Crippen LogP contribution < -0.4 is 16.1 Å². The van der Waals surface area contributed by atoms with Crippen LogP contribution in [0.3, 0.4) is 0 Å². The Labute approximate surface area is 145 Å². The Morgan fingerprint density at radius 2 is 1.77 bits per heavy atom. The van der Waals surface area contributed by atoms with E-state index in [0.717, 1.165) is 17.0 Å². The largest absolute Gasteiger partial charge is 0.453 e. The van der Waals surface area contributed by atoms with Gasteiger partial charge in [-0.2, -0.15) is 0 Å². The molecule has 1 heterocycles. The number of benzene rings is 2. The number of nitrogens with zero attached hydrogens (tertiary/aromatic N) is 1. The minimum absolute atomic E-state index is 0.0295. The van der Waals surface area contributed by atoms with Crippen molar-refractivity contribution in [2.24, 2.45) is 0 Å². The van der Waals surface area contributed by atoms with Gasteiger partial charge in [0.25, 0.3) is 0 Å². The number of hydrogen-bond donors (Lipinski definition) is 1. The molecule has 2 N–H and O–H groups in total. The maximum absolute atomic E-state index is 14.3. The zero-order chi connectivity index (χ0) is 19.2. The predicted octanol–water partition coefficient (Wildman–Crippen LogP) is 3.44. The minimum atomic E-state index is -1.10. The van der Waals surface area contributed by atoms with Gasteiger partial charge in [-0.05, 0) is 18.2 Å². The maximum atomic E-state index is 14.3. The van der Waals surface area contributed by atoms with Crippen molar-refractivity contribution in [1.82, 2.24) is 0 Å². The van der Waals surface area contributed by atoms with Crippen molar-refractivity contribution in [3.8, 4) is 11.3 Å². The molecule has 1 amide bonds. The third-order valence-electron chi connectivity index (χ3n) is 4.01. The van der Waals surface area contributed by atoms with E-state index in [1.54, 1.807) is 0 Å². The maximum Gasteiger partial charge on any atom is 0.223 e. The van der Waals surface area contributed by atoms with Gasteiger partial charge >= 0.3 is 0 Å². The van der Waals surface area contributed by atoms with E-state index in [9.17, 15) is 22.8 Å². The molecule has 0 radical (unpaired) electrons. The lowest BCUT2D eigenvalue weighted by Crippen LogP contribution is -2.23. The number of carbonyl (C=O) groups excluding carboxylic acids is 1. The van der Waals surface area contributed by atoms with Gasteiger partial charge in [0.2, 0.25) is 5.91 Å². The molecule has 3 aromatic rings. The second-order valence-electron chi connectivity index (χ2n) is 5.68. The highest BCUT2D eigenvalue weighted by Gasteiger charge is 2.18. The van der Waals surface area contributed by atoms with Crippen LogP contribution in [0.5, 0.6) is 0 Å². The summed E-state index contributed by atoms with van der Waals surface area (Å²) in [5.74, 6) is -3.39. The number of carbonyl (C=O) groups is 1. The molecule has 26 heavy (non-hydrogen) atoms. The lowest BCUT2D eigenvalue weighted by molar-refractivity contribution is -0.116. The number of nitrogen functional groups attached to an aromatic ring is 1. The lowest BCUT2D eigenvalue weighted by Gasteiger charge is -2.16. The van der Waals surface area contributed by atoms with Crippen LogP contribution in [0.2, 0.25) is 0 Å². The number of hydrogen-bond acceptors (Lipinski definition) is 4. The van der Waals surface area contributed by atoms with Gasteiger partial charge in [-0.25, -0.2) is 13.2 Å². The van der Waals surface area contributed by atoms with Gasteiger partial charge in [0.15, 0.2) is 16.8 Å². The molecule has 0 unspecified atom stereocenters. The van der Waals surface area contributed by atoms with Crippen LogP contribution in [-0.4, -0.2) is 13.0 Å². The van der Waals surface area contributed by atoms with Gasteiger partial charge in [0, 0.05) is 31.7 Å². The van der Waals surface area contributed by atoms with Crippen LogP contribution in [0, 0.1) is 17.5 Å². The van der Waals surface area contributed by atoms with Crippen molar-refractivity contribution in [1.29, 1.82) is 0 Å². The number of rotatable bonds is 2. The molecule has 134 valence electrons. The fourth-order valence-electron chi connectivity index (χ4n) is 2.53. The topological polar surface area (TPSA) is 76.5 Å². The molecule has 0 saturated heterocycles. The zero-order valence-electron chi connectivity index (χ0n) is 13.8. The summed E-state index contributed by atoms with van der Waals surface area (Å²) < 4.78 is 47.1. The lowest BCUT2D eigenvalue weighted by atomic mass is 10.1. The molecule has 0 fully saturated rings. The molecular weight excluding hydrogens is 349 g/mol. The van der Waals surface area contributed by atoms with Gasteiger partial charge in [0.1, 0.15) is 17.4 Å². The standard InChI is InChI=1S/C18H13F3N2O3/c1-8(24)23(2)13-4-3-9(5-10(13)19)15-7-14(25)16-17(22)11(20)6-12(21)18(16)26-15/h3-7H,22H2,1-2H3. The summed E-state index contributed by atoms with van der Waals surface area (Å²) in [5, 5.41) is -0.417. The van der Waals surface area contributed by atoms with E-state index in [1.807, 2.05) is 0 Å². The first-order valence-electron chi connectivity index (χ1n) is 7.46. The van der Waals surface area contributed by atoms with E-state index in [0.29, 0.717) is 6.07 Å². The molecule has 2 aromatic carbocycles. The molecular formula is C18H13F3N2O3. The van der Waals surface area contributed by atoms with Crippen molar-refractivity contribution in [3.63, 3.8) is 0 Å². The predicted molar refractivity (Wildman–Crippen MR) is 91.3 cm³/mol. The van der Waals surface area contributed by atoms with Crippen molar-refractivity contribution in [3.05, 3.63) is 58.0 Å². The second kappa shape index (κ2) is 6.21. The summed E-state index contributed by atoms with van der Waals surface area (Å²) in [6.07, 6.45) is 0. The van der Waals surface area contributed by atoms with Crippen LogP contribution >= 0.6 is 0 Å². The first-order chi connectivity index (χ1) is 12.2. The van der Waals surface area contributed by atoms with Gasteiger partial charge in [-0.15, -0.1) is 0 Å². The number of nitrogens with two attached hydrogens (primary N) is 1. The summed E-state index contributed by atoms with van der Waals surface area (Å²) in [5.41, 5.74) is 3.86. The zero-order valence-corrected chi connectivity index (χ0v) is 13.8. The monoisotopic (exact) mass is 362 g/mol. The molecule has 8 heteroatoms. The Balaban J connectivity index is 2.19. The molecule has 0 saturated carbocycles. The quantitative estimate of drug-likeness (QED) is 0.709. The van der Waals surface area contributed by atoms with Gasteiger partial charge in [-0.3, -0.25) is 9.59 Å². The molecule has 0 bridgehead atoms. The number of halogens is 3. The molecule has 0 aliphatic rings. The Morgan fingerprint density at radius 1 is 1.08 bits per heavy atom. The SMILES string of the molecule is CC(=O)N(C)c1ccc(-c2cc(=O)c3c(N)c(F)cc(F)c3o2)cc1F. The fraction of sp³-hybridized carbons (Fsp3) is 0.111. The van der Waals surface area contributed by atoms with Crippen LogP contribution in [0.25, 0.3) is 22.3 Å². The van der Waals surface area contributed by atoms with E-state index >= 15 is 0 Å². The number of fused-ring (bicyclic) bond motifs is 1. The third kappa shape index (κ3) is 2.79. The summed E-state index contributed by atoms with van der Waals surface area (Å²) in [6.45, 7) is 1.28. The Morgan fingerprint density at radius 3 is 2.38 bits per heavy atom. The Kier molecular flexibility index (Phi) is 4.19. The van der Waals surface area contributed by atoms with Crippen LogP contribution in [0.15, 0.2) is 39.5 Å². The highest BCUT2D eigenvalue weighted by molar-refractivity contribution is 5.92. The van der Waals surface area contributed by atoms with E-state index in [1.165, 1.54) is 26.1 Å². The molecule has 5 nitrogen and oxygen atoms in total. The summed E-state index contributed by atoms with van der Waals surface area (Å²) in [7, 11) is 1.41. The van der Waals surface area contributed by atoms with E-state index < -0.39 is 39.5 Å². The average molecular weight is 362 g/mol. The molecule has 1 aromatic heterocycles. The normalized spacial score (nSPS) is 11.0. The van der Waals surface area contributed by atoms with E-state index in [2.05, 4.69) is 0 Å². The highest BCUT2D eigenvalue weighted by atomic mass is 19.1. The third-order valence-corrected chi connectivity index (χ3v) is 4.01. The minimum Gasteiger partial charge on any atom is -0.453 e. The fourth-order valence-corrected chi connectivity index (χ4v) is 2.53. The van der Waals surface area contributed by atoms with Crippen molar-refractivity contribution < 1.29 is 22.4 Å². The molecule has 3 rings (SSSR count). The van der Waals surface area contributed by atoms with Gasteiger partial charge in [-0.1, -0.05) is 0 Å². The molecule has 0 spiro atoms. The molecule has 0 aliphatic heterocycles. The Hall–Kier alpha value is -3.29. The number of amides is 1. The first-order valence-corrected chi connectivity index (χ1v) is 7.46. The first kappa shape index (κ1) is 17.5. The summed E-state index contributed by atoms with van der Waals surface area (Å²) >= 11 is 0. The van der Waals surface area contributed by atoms with Gasteiger partial charge in [0.05, 0.1) is 16.8 Å². The second-order valence-corrected chi connectivity index (χ2v) is 5.68. The Bertz CT molecular complexity index is 1110. The van der Waals surface area contributed by atoms with Crippen molar-refractivity contribution in [2.75, 3.05) is 17.7 Å². The molecule has 0 aliphatic carbocycles. The van der Waals surface area contributed by atoms with Gasteiger partial charge < -0.3 is 15.1 Å².